The molecule has 3 nitrogen and oxygen atoms in total. The lowest BCUT2D eigenvalue weighted by molar-refractivity contribution is 0.572. The molecule has 0 unspecified atom stereocenters. The Morgan fingerprint density at radius 2 is 1.10 bits per heavy atom. The zero-order valence-corrected chi connectivity index (χ0v) is 17.5. The summed E-state index contributed by atoms with van der Waals surface area (Å²) in [6.07, 6.45) is 0. The molecule has 0 saturated carbocycles. The number of benzene rings is 4. The van der Waals surface area contributed by atoms with E-state index in [1.54, 1.807) is 24.3 Å². The minimum absolute atomic E-state index is 0.259. The first-order valence-electron chi connectivity index (χ1n) is 9.82. The fourth-order valence-corrected chi connectivity index (χ4v) is 4.63. The molecular weight excluding hydrogens is 390 g/mol. The van der Waals surface area contributed by atoms with Crippen LogP contribution in [-0.2, 0) is 10.0 Å². The van der Waals surface area contributed by atoms with Crippen molar-refractivity contribution in [3.05, 3.63) is 126 Å². The van der Waals surface area contributed by atoms with Gasteiger partial charge in [0, 0.05) is 0 Å². The molecule has 0 fully saturated rings. The highest BCUT2D eigenvalue weighted by atomic mass is 32.2. The van der Waals surface area contributed by atoms with Gasteiger partial charge in [-0.15, -0.1) is 0 Å². The number of rotatable bonds is 6. The van der Waals surface area contributed by atoms with Gasteiger partial charge >= 0.3 is 0 Å². The fraction of sp³-hybridized carbons (Fsp3) is 0.0769. The van der Waals surface area contributed by atoms with Crippen molar-refractivity contribution in [1.82, 2.24) is 4.72 Å². The van der Waals surface area contributed by atoms with Gasteiger partial charge in [0.05, 0.1) is 10.9 Å². The molecule has 30 heavy (non-hydrogen) atoms. The quantitative estimate of drug-likeness (QED) is 0.439. The van der Waals surface area contributed by atoms with Gasteiger partial charge in [-0.2, -0.15) is 4.72 Å². The molecule has 0 aromatic heterocycles. The third-order valence-corrected chi connectivity index (χ3v) is 6.53. The standard InChI is InChI=1S/C26H23NO2S/c1-20-12-18-25(19-13-20)30(28,29)27-26(23-10-6-3-7-11-23)24-16-14-22(15-17-24)21-8-4-2-5-9-21/h2-19,26-27H,1H3/t26-/m1/s1. The van der Waals surface area contributed by atoms with Gasteiger partial charge in [0.1, 0.15) is 0 Å². The summed E-state index contributed by atoms with van der Waals surface area (Å²) in [6.45, 7) is 1.94. The smallest absolute Gasteiger partial charge is 0.207 e. The molecule has 4 aromatic rings. The van der Waals surface area contributed by atoms with Crippen LogP contribution in [0.25, 0.3) is 11.1 Å². The molecule has 0 amide bonds. The highest BCUT2D eigenvalue weighted by molar-refractivity contribution is 7.89. The van der Waals surface area contributed by atoms with E-state index in [4.69, 9.17) is 0 Å². The largest absolute Gasteiger partial charge is 0.241 e. The van der Waals surface area contributed by atoms with Crippen molar-refractivity contribution in [3.63, 3.8) is 0 Å². The lowest BCUT2D eigenvalue weighted by Gasteiger charge is -2.20. The average molecular weight is 414 g/mol. The van der Waals surface area contributed by atoms with E-state index in [-0.39, 0.29) is 4.90 Å². The van der Waals surface area contributed by atoms with Crippen molar-refractivity contribution >= 4 is 10.0 Å². The predicted molar refractivity (Wildman–Crippen MR) is 122 cm³/mol. The molecule has 0 radical (unpaired) electrons. The van der Waals surface area contributed by atoms with Gasteiger partial charge in [-0.3, -0.25) is 0 Å². The Bertz CT molecular complexity index is 1200. The van der Waals surface area contributed by atoms with Gasteiger partial charge in [-0.1, -0.05) is 103 Å². The van der Waals surface area contributed by atoms with Gasteiger partial charge in [-0.25, -0.2) is 8.42 Å². The van der Waals surface area contributed by atoms with Crippen LogP contribution in [0.2, 0.25) is 0 Å². The summed E-state index contributed by atoms with van der Waals surface area (Å²) >= 11 is 0. The molecule has 0 bridgehead atoms. The molecule has 0 aliphatic carbocycles. The first-order valence-corrected chi connectivity index (χ1v) is 11.3. The van der Waals surface area contributed by atoms with Crippen LogP contribution in [0.3, 0.4) is 0 Å². The minimum atomic E-state index is -3.68. The van der Waals surface area contributed by atoms with Crippen molar-refractivity contribution in [3.8, 4) is 11.1 Å². The first-order chi connectivity index (χ1) is 14.5. The van der Waals surface area contributed by atoms with Crippen LogP contribution >= 0.6 is 0 Å². The van der Waals surface area contributed by atoms with Crippen LogP contribution < -0.4 is 4.72 Å². The molecule has 0 saturated heterocycles. The van der Waals surface area contributed by atoms with E-state index in [9.17, 15) is 8.42 Å². The van der Waals surface area contributed by atoms with Gasteiger partial charge in [-0.05, 0) is 41.3 Å². The van der Waals surface area contributed by atoms with Crippen LogP contribution in [0, 0.1) is 6.92 Å². The monoisotopic (exact) mass is 413 g/mol. The number of nitrogens with one attached hydrogen (secondary N) is 1. The Morgan fingerprint density at radius 1 is 0.600 bits per heavy atom. The molecule has 0 aliphatic heterocycles. The number of sulfonamides is 1. The molecule has 4 heteroatoms. The average Bonchev–Trinajstić information content (AvgIpc) is 2.79. The fourth-order valence-electron chi connectivity index (χ4n) is 3.41. The third kappa shape index (κ3) is 4.51. The first kappa shape index (κ1) is 20.1. The summed E-state index contributed by atoms with van der Waals surface area (Å²) in [7, 11) is -3.68. The number of hydrogen-bond acceptors (Lipinski definition) is 2. The Hall–Kier alpha value is -3.21. The van der Waals surface area contributed by atoms with Crippen LogP contribution in [0.15, 0.2) is 114 Å². The topological polar surface area (TPSA) is 46.2 Å². The summed E-state index contributed by atoms with van der Waals surface area (Å²) in [5.74, 6) is 0. The second kappa shape index (κ2) is 8.66. The van der Waals surface area contributed by atoms with Crippen molar-refractivity contribution in [2.24, 2.45) is 0 Å². The molecular formula is C26H23NO2S. The maximum atomic E-state index is 13.1. The van der Waals surface area contributed by atoms with Crippen LogP contribution in [0.1, 0.15) is 22.7 Å². The Labute approximate surface area is 178 Å². The van der Waals surface area contributed by atoms with Crippen molar-refractivity contribution in [2.75, 3.05) is 0 Å². The number of hydrogen-bond donors (Lipinski definition) is 1. The highest BCUT2D eigenvalue weighted by Gasteiger charge is 2.23. The normalized spacial score (nSPS) is 12.4. The van der Waals surface area contributed by atoms with Crippen molar-refractivity contribution in [1.29, 1.82) is 0 Å². The maximum absolute atomic E-state index is 13.1. The molecule has 150 valence electrons. The Balaban J connectivity index is 1.70. The summed E-state index contributed by atoms with van der Waals surface area (Å²) in [4.78, 5) is 0.259. The van der Waals surface area contributed by atoms with Crippen molar-refractivity contribution < 1.29 is 8.42 Å². The van der Waals surface area contributed by atoms with E-state index in [2.05, 4.69) is 16.9 Å². The molecule has 4 rings (SSSR count). The van der Waals surface area contributed by atoms with E-state index >= 15 is 0 Å². The van der Waals surface area contributed by atoms with E-state index < -0.39 is 16.1 Å². The minimum Gasteiger partial charge on any atom is -0.207 e. The maximum Gasteiger partial charge on any atom is 0.241 e. The molecule has 4 aromatic carbocycles. The lowest BCUT2D eigenvalue weighted by Crippen LogP contribution is -2.29. The second-order valence-electron chi connectivity index (χ2n) is 7.27. The highest BCUT2D eigenvalue weighted by Crippen LogP contribution is 2.27. The second-order valence-corrected chi connectivity index (χ2v) is 8.98. The number of aryl methyl sites for hydroxylation is 1. The molecule has 1 atom stereocenters. The summed E-state index contributed by atoms with van der Waals surface area (Å²) < 4.78 is 29.0. The third-order valence-electron chi connectivity index (χ3n) is 5.09. The lowest BCUT2D eigenvalue weighted by atomic mass is 9.97. The zero-order valence-electron chi connectivity index (χ0n) is 16.7. The van der Waals surface area contributed by atoms with E-state index in [1.165, 1.54) is 0 Å². The predicted octanol–water partition coefficient (Wildman–Crippen LogP) is 5.73. The van der Waals surface area contributed by atoms with Crippen LogP contribution in [0.4, 0.5) is 0 Å². The van der Waals surface area contributed by atoms with E-state index in [0.717, 1.165) is 27.8 Å². The van der Waals surface area contributed by atoms with Gasteiger partial charge in [0.15, 0.2) is 0 Å². The molecule has 0 spiro atoms. The van der Waals surface area contributed by atoms with Crippen LogP contribution in [0.5, 0.6) is 0 Å². The van der Waals surface area contributed by atoms with Gasteiger partial charge in [0.2, 0.25) is 10.0 Å². The summed E-state index contributed by atoms with van der Waals surface area (Å²) in [6, 6.07) is 34.2. The van der Waals surface area contributed by atoms with E-state index in [1.807, 2.05) is 79.7 Å². The summed E-state index contributed by atoms with van der Waals surface area (Å²) in [5, 5.41) is 0. The summed E-state index contributed by atoms with van der Waals surface area (Å²) in [5.41, 5.74) is 5.01. The molecule has 0 heterocycles. The Kier molecular flexibility index (Phi) is 5.79. The van der Waals surface area contributed by atoms with Crippen LogP contribution in [-0.4, -0.2) is 8.42 Å². The van der Waals surface area contributed by atoms with Gasteiger partial charge in [0.25, 0.3) is 0 Å². The van der Waals surface area contributed by atoms with Gasteiger partial charge < -0.3 is 0 Å². The molecule has 0 aliphatic rings. The van der Waals surface area contributed by atoms with Crippen molar-refractivity contribution in [2.45, 2.75) is 17.9 Å². The van der Waals surface area contributed by atoms with E-state index in [0.29, 0.717) is 0 Å². The SMILES string of the molecule is Cc1ccc(S(=O)(=O)N[C@H](c2ccccc2)c2ccc(-c3ccccc3)cc2)cc1. The zero-order chi connectivity index (χ0) is 21.0. The Morgan fingerprint density at radius 3 is 1.70 bits per heavy atom. The molecule has 1 N–H and O–H groups in total.